The molecule has 0 aliphatic rings. The predicted octanol–water partition coefficient (Wildman–Crippen LogP) is 2.13. The number of carbonyl (C=O) groups excluding carboxylic acids is 2. The first-order valence-corrected chi connectivity index (χ1v) is 10.6. The number of benzene rings is 1. The zero-order valence-electron chi connectivity index (χ0n) is 15.8. The van der Waals surface area contributed by atoms with Crippen molar-refractivity contribution >= 4 is 40.1 Å². The van der Waals surface area contributed by atoms with Gasteiger partial charge in [0.25, 0.3) is 0 Å². The topological polar surface area (TPSA) is 125 Å². The molecule has 0 bridgehead atoms. The van der Waals surface area contributed by atoms with E-state index >= 15 is 0 Å². The van der Waals surface area contributed by atoms with Gasteiger partial charge in [0.15, 0.2) is 0 Å². The van der Waals surface area contributed by atoms with Gasteiger partial charge < -0.3 is 4.74 Å². The first kappa shape index (κ1) is 20.9. The molecule has 1 atom stereocenters. The van der Waals surface area contributed by atoms with Gasteiger partial charge in [-0.1, -0.05) is 48.2 Å². The fourth-order valence-electron chi connectivity index (χ4n) is 2.33. The zero-order valence-corrected chi connectivity index (χ0v) is 17.4. The van der Waals surface area contributed by atoms with Crippen molar-refractivity contribution in [2.45, 2.75) is 37.1 Å². The number of thioether (sulfide) groups is 1. The molecular weight excluding hydrogens is 414 g/mol. The average molecular weight is 434 g/mol. The Bertz CT molecular complexity index is 961. The van der Waals surface area contributed by atoms with Crippen molar-refractivity contribution in [2.75, 3.05) is 11.9 Å². The number of hydrogen-bond acceptors (Lipinski definition) is 10. The van der Waals surface area contributed by atoms with E-state index in [0.717, 1.165) is 17.0 Å². The number of rotatable bonds is 9. The lowest BCUT2D eigenvalue weighted by atomic mass is 10.3. The van der Waals surface area contributed by atoms with Crippen LogP contribution in [0.1, 0.15) is 25.3 Å². The van der Waals surface area contributed by atoms with Gasteiger partial charge in [0.2, 0.25) is 16.2 Å². The molecule has 0 saturated carbocycles. The summed E-state index contributed by atoms with van der Waals surface area (Å²) in [5.41, 5.74) is 0.808. The second kappa shape index (κ2) is 10.1. The van der Waals surface area contributed by atoms with Crippen LogP contribution in [0.3, 0.4) is 0 Å². The van der Waals surface area contributed by atoms with E-state index in [-0.39, 0.29) is 18.3 Å². The van der Waals surface area contributed by atoms with Crippen LogP contribution in [0.2, 0.25) is 0 Å². The van der Waals surface area contributed by atoms with Crippen LogP contribution in [0.5, 0.6) is 0 Å². The lowest BCUT2D eigenvalue weighted by Gasteiger charge is -2.12. The predicted molar refractivity (Wildman–Crippen MR) is 108 cm³/mol. The monoisotopic (exact) mass is 433 g/mol. The smallest absolute Gasteiger partial charge is 0.312 e. The quantitative estimate of drug-likeness (QED) is 0.399. The van der Waals surface area contributed by atoms with Gasteiger partial charge in [0.05, 0.1) is 24.0 Å². The van der Waals surface area contributed by atoms with Crippen molar-refractivity contribution in [2.24, 2.45) is 0 Å². The summed E-state index contributed by atoms with van der Waals surface area (Å²) in [5.74, 6) is -0.616. The van der Waals surface area contributed by atoms with Crippen LogP contribution in [0.4, 0.5) is 5.13 Å². The number of anilines is 1. The average Bonchev–Trinajstić information content (AvgIpc) is 3.36. The Labute approximate surface area is 175 Å². The third-order valence-electron chi connectivity index (χ3n) is 3.65. The number of hydrogen-bond donors (Lipinski definition) is 1. The molecule has 0 fully saturated rings. The van der Waals surface area contributed by atoms with Gasteiger partial charge >= 0.3 is 5.97 Å². The first-order valence-electron chi connectivity index (χ1n) is 8.90. The van der Waals surface area contributed by atoms with Gasteiger partial charge in [-0.05, 0) is 35.9 Å². The molecule has 1 amide bonds. The van der Waals surface area contributed by atoms with Gasteiger partial charge in [-0.3, -0.25) is 14.9 Å². The molecule has 12 heteroatoms. The maximum absolute atomic E-state index is 12.7. The van der Waals surface area contributed by atoms with Crippen molar-refractivity contribution in [1.29, 1.82) is 0 Å². The highest BCUT2D eigenvalue weighted by Gasteiger charge is 2.23. The molecule has 3 aromatic rings. The molecule has 2 heterocycles. The summed E-state index contributed by atoms with van der Waals surface area (Å²) in [6.07, 6.45) is 0.589. The van der Waals surface area contributed by atoms with Crippen LogP contribution in [0.15, 0.2) is 35.5 Å². The molecule has 0 aliphatic carbocycles. The molecular formula is C17H19N7O3S2. The summed E-state index contributed by atoms with van der Waals surface area (Å²) in [5, 5.41) is 23.2. The minimum Gasteiger partial charge on any atom is -0.466 e. The Morgan fingerprint density at radius 3 is 2.72 bits per heavy atom. The Kier molecular flexibility index (Phi) is 7.25. The molecule has 0 saturated heterocycles. The van der Waals surface area contributed by atoms with Gasteiger partial charge in [0, 0.05) is 0 Å². The molecule has 3 rings (SSSR count). The number of aromatic nitrogens is 6. The normalized spacial score (nSPS) is 11.8. The van der Waals surface area contributed by atoms with Crippen LogP contribution in [-0.4, -0.2) is 54.1 Å². The van der Waals surface area contributed by atoms with E-state index in [9.17, 15) is 9.59 Å². The number of tetrazole rings is 1. The van der Waals surface area contributed by atoms with Gasteiger partial charge in [-0.25, -0.2) is 0 Å². The largest absolute Gasteiger partial charge is 0.466 e. The molecule has 10 nitrogen and oxygen atoms in total. The van der Waals surface area contributed by atoms with Crippen LogP contribution < -0.4 is 5.32 Å². The van der Waals surface area contributed by atoms with Crippen molar-refractivity contribution in [1.82, 2.24) is 30.4 Å². The molecule has 2 aromatic heterocycles. The van der Waals surface area contributed by atoms with Crippen LogP contribution in [0.25, 0.3) is 5.69 Å². The van der Waals surface area contributed by atoms with Crippen molar-refractivity contribution in [3.63, 3.8) is 0 Å². The van der Waals surface area contributed by atoms with E-state index in [1.54, 1.807) is 11.6 Å². The number of ether oxygens (including phenoxy) is 1. The van der Waals surface area contributed by atoms with Crippen LogP contribution in [0, 0.1) is 0 Å². The second-order valence-electron chi connectivity index (χ2n) is 5.70. The van der Waals surface area contributed by atoms with Gasteiger partial charge in [-0.15, -0.1) is 15.3 Å². The molecule has 0 radical (unpaired) electrons. The van der Waals surface area contributed by atoms with E-state index < -0.39 is 5.25 Å². The van der Waals surface area contributed by atoms with Gasteiger partial charge in [0.1, 0.15) is 5.01 Å². The summed E-state index contributed by atoms with van der Waals surface area (Å²) in [6, 6.07) is 9.44. The lowest BCUT2D eigenvalue weighted by Crippen LogP contribution is -2.25. The Morgan fingerprint density at radius 2 is 2.00 bits per heavy atom. The molecule has 0 spiro atoms. The maximum Gasteiger partial charge on any atom is 0.312 e. The van der Waals surface area contributed by atoms with E-state index in [4.69, 9.17) is 4.74 Å². The lowest BCUT2D eigenvalue weighted by molar-refractivity contribution is -0.142. The summed E-state index contributed by atoms with van der Waals surface area (Å²) in [6.45, 7) is 3.94. The highest BCUT2D eigenvalue weighted by atomic mass is 32.2. The molecule has 152 valence electrons. The third kappa shape index (κ3) is 5.57. The maximum atomic E-state index is 12.7. The van der Waals surface area contributed by atoms with Crippen LogP contribution in [-0.2, 0) is 20.7 Å². The molecule has 0 unspecified atom stereocenters. The third-order valence-corrected chi connectivity index (χ3v) is 5.79. The Balaban J connectivity index is 1.64. The molecule has 29 heavy (non-hydrogen) atoms. The number of esters is 1. The number of nitrogens with one attached hydrogen (secondary N) is 1. The zero-order chi connectivity index (χ0) is 20.6. The fraction of sp³-hybridized carbons (Fsp3) is 0.353. The number of nitrogens with zero attached hydrogens (tertiary/aromatic N) is 6. The van der Waals surface area contributed by atoms with Crippen molar-refractivity contribution in [3.05, 3.63) is 35.3 Å². The SMILES string of the molecule is CCOC(=O)Cc1nnc(NC(=O)[C@H](CC)Sc2nnnn2-c2ccccc2)s1. The van der Waals surface area contributed by atoms with E-state index in [1.807, 2.05) is 37.3 Å². The minimum atomic E-state index is -0.430. The Hall–Kier alpha value is -2.86. The number of para-hydroxylation sites is 1. The van der Waals surface area contributed by atoms with E-state index in [1.165, 1.54) is 11.8 Å². The summed E-state index contributed by atoms with van der Waals surface area (Å²) >= 11 is 2.41. The van der Waals surface area contributed by atoms with Crippen LogP contribution >= 0.6 is 23.1 Å². The molecule has 1 aromatic carbocycles. The summed E-state index contributed by atoms with van der Waals surface area (Å²) in [7, 11) is 0. The Morgan fingerprint density at radius 1 is 1.21 bits per heavy atom. The van der Waals surface area contributed by atoms with Gasteiger partial charge in [-0.2, -0.15) is 4.68 Å². The molecule has 0 aliphatic heterocycles. The number of carbonyl (C=O) groups is 2. The summed E-state index contributed by atoms with van der Waals surface area (Å²) < 4.78 is 6.47. The van der Waals surface area contributed by atoms with E-state index in [0.29, 0.717) is 28.3 Å². The highest BCUT2D eigenvalue weighted by Crippen LogP contribution is 2.26. The highest BCUT2D eigenvalue weighted by molar-refractivity contribution is 8.00. The van der Waals surface area contributed by atoms with Crippen molar-refractivity contribution in [3.8, 4) is 5.69 Å². The number of amides is 1. The second-order valence-corrected chi connectivity index (χ2v) is 7.93. The van der Waals surface area contributed by atoms with E-state index in [2.05, 4.69) is 31.0 Å². The molecule has 1 N–H and O–H groups in total. The standard InChI is InChI=1S/C17H19N7O3S2/c1-3-12(28-17-21-22-23-24(17)11-8-6-5-7-9-11)15(26)18-16-20-19-13(29-16)10-14(25)27-4-2/h5-9,12H,3-4,10H2,1-2H3,(H,18,20,26)/t12-/m0/s1. The summed E-state index contributed by atoms with van der Waals surface area (Å²) in [4.78, 5) is 24.2. The minimum absolute atomic E-state index is 0.0270. The first-order chi connectivity index (χ1) is 14.1. The fourth-order valence-corrected chi connectivity index (χ4v) is 3.97. The van der Waals surface area contributed by atoms with Crippen molar-refractivity contribution < 1.29 is 14.3 Å².